The number of halogens is 1. The van der Waals surface area contributed by atoms with Gasteiger partial charge in [0.2, 0.25) is 10.0 Å². The van der Waals surface area contributed by atoms with E-state index in [1.165, 1.54) is 0 Å². The highest BCUT2D eigenvalue weighted by Crippen LogP contribution is 2.23. The second kappa shape index (κ2) is 10.0. The minimum absolute atomic E-state index is 0. The maximum atomic E-state index is 12.8. The van der Waals surface area contributed by atoms with E-state index in [2.05, 4.69) is 11.9 Å². The Hall–Kier alpha value is -0.910. The average Bonchev–Trinajstić information content (AvgIpc) is 2.67. The highest BCUT2D eigenvalue weighted by molar-refractivity contribution is 14.0. The van der Waals surface area contributed by atoms with Crippen LogP contribution in [-0.4, -0.2) is 63.0 Å². The fourth-order valence-corrected chi connectivity index (χ4v) is 4.94. The van der Waals surface area contributed by atoms with Crippen LogP contribution in [0.4, 0.5) is 0 Å². The maximum Gasteiger partial charge on any atom is 0.243 e. The number of piperidine rings is 1. The summed E-state index contributed by atoms with van der Waals surface area (Å²) in [6.07, 6.45) is 2.02. The van der Waals surface area contributed by atoms with Gasteiger partial charge in [0.15, 0.2) is 5.96 Å². The summed E-state index contributed by atoms with van der Waals surface area (Å²) in [7, 11) is -3.41. The van der Waals surface area contributed by atoms with Crippen molar-refractivity contribution in [2.45, 2.75) is 31.2 Å². The van der Waals surface area contributed by atoms with Gasteiger partial charge in [-0.05, 0) is 36.5 Å². The van der Waals surface area contributed by atoms with Crippen molar-refractivity contribution in [2.24, 2.45) is 16.6 Å². The van der Waals surface area contributed by atoms with E-state index in [1.54, 1.807) is 16.4 Å². The largest absolute Gasteiger partial charge is 0.378 e. The van der Waals surface area contributed by atoms with E-state index in [1.807, 2.05) is 17.0 Å². The lowest BCUT2D eigenvalue weighted by molar-refractivity contribution is 0.0674. The summed E-state index contributed by atoms with van der Waals surface area (Å²) in [5, 5.41) is 0. The molecule has 0 saturated carbocycles. The van der Waals surface area contributed by atoms with Gasteiger partial charge in [-0.2, -0.15) is 4.31 Å². The summed E-state index contributed by atoms with van der Waals surface area (Å²) < 4.78 is 32.5. The lowest BCUT2D eigenvalue weighted by atomic mass is 10.0. The fourth-order valence-electron chi connectivity index (χ4n) is 3.35. The zero-order chi connectivity index (χ0) is 18.6. The minimum atomic E-state index is -3.41. The quantitative estimate of drug-likeness (QED) is 0.381. The van der Waals surface area contributed by atoms with Crippen LogP contribution in [0.3, 0.4) is 0 Å². The van der Waals surface area contributed by atoms with E-state index in [4.69, 9.17) is 10.5 Å². The van der Waals surface area contributed by atoms with Gasteiger partial charge in [0.25, 0.3) is 0 Å². The third-order valence-electron chi connectivity index (χ3n) is 4.94. The second-order valence-electron chi connectivity index (χ2n) is 7.03. The zero-order valence-electron chi connectivity index (χ0n) is 15.7. The van der Waals surface area contributed by atoms with Gasteiger partial charge < -0.3 is 15.4 Å². The van der Waals surface area contributed by atoms with Gasteiger partial charge >= 0.3 is 0 Å². The predicted octanol–water partition coefficient (Wildman–Crippen LogP) is 1.87. The summed E-state index contributed by atoms with van der Waals surface area (Å²) in [6, 6.07) is 6.97. The molecule has 0 bridgehead atoms. The molecule has 1 aromatic rings. The van der Waals surface area contributed by atoms with Crippen LogP contribution in [0.2, 0.25) is 0 Å². The lowest BCUT2D eigenvalue weighted by Gasteiger charge is -2.30. The van der Waals surface area contributed by atoms with Gasteiger partial charge in [-0.3, -0.25) is 0 Å². The number of ether oxygens (including phenoxy) is 1. The van der Waals surface area contributed by atoms with E-state index in [-0.39, 0.29) is 24.0 Å². The Kier molecular flexibility index (Phi) is 8.32. The first-order valence-corrected chi connectivity index (χ1v) is 10.6. The van der Waals surface area contributed by atoms with Crippen molar-refractivity contribution in [2.75, 3.05) is 39.4 Å². The summed E-state index contributed by atoms with van der Waals surface area (Å²) in [5.74, 6) is 0.919. The van der Waals surface area contributed by atoms with Crippen molar-refractivity contribution < 1.29 is 13.2 Å². The van der Waals surface area contributed by atoms with Gasteiger partial charge in [-0.25, -0.2) is 13.4 Å². The molecule has 0 amide bonds. The molecule has 152 valence electrons. The normalized spacial score (nSPS) is 22.3. The van der Waals surface area contributed by atoms with E-state index < -0.39 is 10.0 Å². The van der Waals surface area contributed by atoms with Gasteiger partial charge in [-0.15, -0.1) is 24.0 Å². The Morgan fingerprint density at radius 3 is 2.52 bits per heavy atom. The number of nitrogens with zero attached hydrogens (tertiary/aromatic N) is 3. The number of nitrogens with two attached hydrogens (primary N) is 1. The first kappa shape index (κ1) is 22.4. The van der Waals surface area contributed by atoms with E-state index >= 15 is 0 Å². The SMILES string of the molecule is CC1CCCN(S(=O)(=O)c2ccc(CN=C(N)N3CCOCC3)cc2)C1.I. The molecule has 3 rings (SSSR count). The number of benzene rings is 1. The highest BCUT2D eigenvalue weighted by atomic mass is 127. The Bertz CT molecular complexity index is 733. The minimum Gasteiger partial charge on any atom is -0.378 e. The number of aliphatic imine (C=N–C) groups is 1. The number of morpholine rings is 1. The smallest absolute Gasteiger partial charge is 0.243 e. The van der Waals surface area contributed by atoms with Crippen molar-refractivity contribution in [1.82, 2.24) is 9.21 Å². The van der Waals surface area contributed by atoms with Gasteiger partial charge in [0.05, 0.1) is 24.7 Å². The molecule has 2 aliphatic heterocycles. The van der Waals surface area contributed by atoms with Crippen molar-refractivity contribution >= 4 is 40.0 Å². The van der Waals surface area contributed by atoms with Crippen LogP contribution in [0, 0.1) is 5.92 Å². The molecular formula is C18H29IN4O3S. The van der Waals surface area contributed by atoms with Crippen LogP contribution in [0.25, 0.3) is 0 Å². The number of hydrogen-bond donors (Lipinski definition) is 1. The van der Waals surface area contributed by atoms with Crippen LogP contribution in [-0.2, 0) is 21.3 Å². The van der Waals surface area contributed by atoms with Crippen LogP contribution in [0.5, 0.6) is 0 Å². The molecular weight excluding hydrogens is 479 g/mol. The average molecular weight is 508 g/mol. The monoisotopic (exact) mass is 508 g/mol. The Labute approximate surface area is 179 Å². The first-order valence-electron chi connectivity index (χ1n) is 9.18. The molecule has 1 atom stereocenters. The zero-order valence-corrected chi connectivity index (χ0v) is 18.9. The van der Waals surface area contributed by atoms with Crippen LogP contribution < -0.4 is 5.73 Å². The maximum absolute atomic E-state index is 12.8. The highest BCUT2D eigenvalue weighted by Gasteiger charge is 2.28. The third kappa shape index (κ3) is 5.78. The molecule has 2 saturated heterocycles. The molecule has 27 heavy (non-hydrogen) atoms. The Morgan fingerprint density at radius 1 is 1.22 bits per heavy atom. The molecule has 0 radical (unpaired) electrons. The molecule has 2 aliphatic rings. The third-order valence-corrected chi connectivity index (χ3v) is 6.82. The molecule has 2 fully saturated rings. The molecule has 0 aliphatic carbocycles. The molecule has 1 aromatic carbocycles. The summed E-state index contributed by atoms with van der Waals surface area (Å²) in [5.41, 5.74) is 6.96. The molecule has 7 nitrogen and oxygen atoms in total. The topological polar surface area (TPSA) is 88.2 Å². The Balaban J connectivity index is 0.00000261. The molecule has 2 heterocycles. The summed E-state index contributed by atoms with van der Waals surface area (Å²) in [4.78, 5) is 6.76. The lowest BCUT2D eigenvalue weighted by Crippen LogP contribution is -2.44. The standard InChI is InChI=1S/C18H28N4O3S.HI/c1-15-3-2-8-22(14-15)26(23,24)17-6-4-16(5-7-17)13-20-18(19)21-9-11-25-12-10-21;/h4-7,15H,2-3,8-14H2,1H3,(H2,19,20);1H. The Morgan fingerprint density at radius 2 is 1.89 bits per heavy atom. The van der Waals surface area contributed by atoms with E-state index in [0.29, 0.717) is 49.6 Å². The van der Waals surface area contributed by atoms with Crippen molar-refractivity contribution in [1.29, 1.82) is 0 Å². The number of sulfonamides is 1. The van der Waals surface area contributed by atoms with E-state index in [0.717, 1.165) is 31.5 Å². The van der Waals surface area contributed by atoms with Crippen LogP contribution in [0.1, 0.15) is 25.3 Å². The van der Waals surface area contributed by atoms with Gasteiger partial charge in [-0.1, -0.05) is 19.1 Å². The first-order chi connectivity index (χ1) is 12.5. The number of guanidine groups is 1. The molecule has 9 heteroatoms. The van der Waals surface area contributed by atoms with Crippen molar-refractivity contribution in [3.05, 3.63) is 29.8 Å². The predicted molar refractivity (Wildman–Crippen MR) is 117 cm³/mol. The molecule has 2 N–H and O–H groups in total. The van der Waals surface area contributed by atoms with Gasteiger partial charge in [0.1, 0.15) is 0 Å². The van der Waals surface area contributed by atoms with Crippen molar-refractivity contribution in [3.8, 4) is 0 Å². The van der Waals surface area contributed by atoms with E-state index in [9.17, 15) is 8.42 Å². The van der Waals surface area contributed by atoms with Crippen LogP contribution in [0.15, 0.2) is 34.2 Å². The summed E-state index contributed by atoms with van der Waals surface area (Å²) >= 11 is 0. The molecule has 0 spiro atoms. The fraction of sp³-hybridized carbons (Fsp3) is 0.611. The molecule has 0 aromatic heterocycles. The second-order valence-corrected chi connectivity index (χ2v) is 8.97. The van der Waals surface area contributed by atoms with Crippen LogP contribution >= 0.6 is 24.0 Å². The number of rotatable bonds is 4. The molecule has 1 unspecified atom stereocenters. The summed E-state index contributed by atoms with van der Waals surface area (Å²) in [6.45, 7) is 6.57. The van der Waals surface area contributed by atoms with Crippen molar-refractivity contribution in [3.63, 3.8) is 0 Å². The van der Waals surface area contributed by atoms with Gasteiger partial charge in [0, 0.05) is 26.2 Å². The number of hydrogen-bond acceptors (Lipinski definition) is 4.